The highest BCUT2D eigenvalue weighted by atomic mass is 16.2. The standard InChI is InChI=1S/C13H22N4O/c1-3-7-14-12-6-5-8-17(13(12)18)11-9-15-16(4-2)10-11/h9-10,12,14H,3-8H2,1-2H3. The number of rotatable bonds is 5. The highest BCUT2D eigenvalue weighted by Crippen LogP contribution is 2.20. The van der Waals surface area contributed by atoms with E-state index in [1.54, 1.807) is 6.20 Å². The van der Waals surface area contributed by atoms with Crippen molar-refractivity contribution in [1.82, 2.24) is 15.1 Å². The molecule has 0 aliphatic carbocycles. The summed E-state index contributed by atoms with van der Waals surface area (Å²) in [4.78, 5) is 14.2. The molecule has 0 saturated carbocycles. The van der Waals surface area contributed by atoms with Crippen LogP contribution in [0.3, 0.4) is 0 Å². The number of carbonyl (C=O) groups excluding carboxylic acids is 1. The van der Waals surface area contributed by atoms with Gasteiger partial charge < -0.3 is 10.2 Å². The van der Waals surface area contributed by atoms with Crippen LogP contribution in [-0.2, 0) is 11.3 Å². The normalized spacial score (nSPS) is 20.4. The number of piperidine rings is 1. The van der Waals surface area contributed by atoms with Gasteiger partial charge in [0, 0.05) is 19.3 Å². The molecule has 1 fully saturated rings. The van der Waals surface area contributed by atoms with E-state index in [0.29, 0.717) is 0 Å². The summed E-state index contributed by atoms with van der Waals surface area (Å²) in [5, 5.41) is 7.56. The summed E-state index contributed by atoms with van der Waals surface area (Å²) in [5.41, 5.74) is 0.921. The molecule has 1 amide bonds. The molecule has 5 heteroatoms. The average Bonchev–Trinajstić information content (AvgIpc) is 2.86. The molecular formula is C13H22N4O. The maximum Gasteiger partial charge on any atom is 0.244 e. The number of hydrogen-bond donors (Lipinski definition) is 1. The number of aryl methyl sites for hydroxylation is 1. The van der Waals surface area contributed by atoms with Crippen molar-refractivity contribution in [2.75, 3.05) is 18.0 Å². The van der Waals surface area contributed by atoms with Gasteiger partial charge in [-0.2, -0.15) is 5.10 Å². The SMILES string of the molecule is CCCNC1CCCN(c2cnn(CC)c2)C1=O. The van der Waals surface area contributed by atoms with Crippen molar-refractivity contribution in [3.8, 4) is 0 Å². The lowest BCUT2D eigenvalue weighted by molar-refractivity contribution is -0.121. The molecule has 1 aliphatic heterocycles. The van der Waals surface area contributed by atoms with Gasteiger partial charge in [-0.05, 0) is 32.7 Å². The zero-order valence-corrected chi connectivity index (χ0v) is 11.2. The minimum atomic E-state index is -0.0244. The van der Waals surface area contributed by atoms with Crippen LogP contribution in [0.2, 0.25) is 0 Å². The van der Waals surface area contributed by atoms with E-state index >= 15 is 0 Å². The first-order chi connectivity index (χ1) is 8.76. The van der Waals surface area contributed by atoms with E-state index in [0.717, 1.165) is 44.6 Å². The second-order valence-corrected chi connectivity index (χ2v) is 4.69. The molecule has 2 heterocycles. The van der Waals surface area contributed by atoms with Gasteiger partial charge in [0.1, 0.15) is 0 Å². The van der Waals surface area contributed by atoms with Crippen molar-refractivity contribution in [3.05, 3.63) is 12.4 Å². The third-order valence-corrected chi connectivity index (χ3v) is 3.33. The summed E-state index contributed by atoms with van der Waals surface area (Å²) in [6.07, 6.45) is 6.77. The Labute approximate surface area is 108 Å². The molecule has 2 rings (SSSR count). The molecule has 1 aliphatic rings. The molecule has 100 valence electrons. The molecule has 0 aromatic carbocycles. The molecule has 1 saturated heterocycles. The van der Waals surface area contributed by atoms with Gasteiger partial charge in [0.25, 0.3) is 0 Å². The summed E-state index contributed by atoms with van der Waals surface area (Å²) in [5.74, 6) is 0.186. The van der Waals surface area contributed by atoms with Crippen molar-refractivity contribution < 1.29 is 4.79 Å². The largest absolute Gasteiger partial charge is 0.308 e. The van der Waals surface area contributed by atoms with Crippen LogP contribution >= 0.6 is 0 Å². The number of amides is 1. The topological polar surface area (TPSA) is 50.2 Å². The van der Waals surface area contributed by atoms with Crippen molar-refractivity contribution in [2.24, 2.45) is 0 Å². The number of nitrogens with zero attached hydrogens (tertiary/aromatic N) is 3. The fourth-order valence-electron chi connectivity index (χ4n) is 2.30. The third-order valence-electron chi connectivity index (χ3n) is 3.33. The molecule has 18 heavy (non-hydrogen) atoms. The lowest BCUT2D eigenvalue weighted by Gasteiger charge is -2.31. The van der Waals surface area contributed by atoms with Crippen molar-refractivity contribution >= 4 is 11.6 Å². The zero-order chi connectivity index (χ0) is 13.0. The molecule has 1 aromatic rings. The molecule has 1 atom stereocenters. The maximum absolute atomic E-state index is 12.4. The van der Waals surface area contributed by atoms with Crippen LogP contribution in [-0.4, -0.2) is 34.8 Å². The van der Waals surface area contributed by atoms with Gasteiger partial charge in [0.2, 0.25) is 5.91 Å². The molecule has 5 nitrogen and oxygen atoms in total. The van der Waals surface area contributed by atoms with E-state index < -0.39 is 0 Å². The fourth-order valence-corrected chi connectivity index (χ4v) is 2.30. The highest BCUT2D eigenvalue weighted by Gasteiger charge is 2.29. The smallest absolute Gasteiger partial charge is 0.244 e. The van der Waals surface area contributed by atoms with Gasteiger partial charge >= 0.3 is 0 Å². The average molecular weight is 250 g/mol. The van der Waals surface area contributed by atoms with Crippen LogP contribution in [0, 0.1) is 0 Å². The summed E-state index contributed by atoms with van der Waals surface area (Å²) in [6.45, 7) is 6.69. The van der Waals surface area contributed by atoms with E-state index in [1.165, 1.54) is 0 Å². The van der Waals surface area contributed by atoms with E-state index in [1.807, 2.05) is 22.7 Å². The molecule has 1 aromatic heterocycles. The summed E-state index contributed by atoms with van der Waals surface area (Å²) < 4.78 is 1.85. The lowest BCUT2D eigenvalue weighted by atomic mass is 10.0. The molecule has 1 unspecified atom stereocenters. The van der Waals surface area contributed by atoms with Crippen LogP contribution in [0.4, 0.5) is 5.69 Å². The lowest BCUT2D eigenvalue weighted by Crippen LogP contribution is -2.51. The Kier molecular flexibility index (Phi) is 4.36. The van der Waals surface area contributed by atoms with E-state index in [-0.39, 0.29) is 11.9 Å². The number of anilines is 1. The van der Waals surface area contributed by atoms with Crippen molar-refractivity contribution in [1.29, 1.82) is 0 Å². The van der Waals surface area contributed by atoms with Gasteiger partial charge in [0.15, 0.2) is 0 Å². The molecule has 0 bridgehead atoms. The van der Waals surface area contributed by atoms with Crippen molar-refractivity contribution in [3.63, 3.8) is 0 Å². The first-order valence-corrected chi connectivity index (χ1v) is 6.83. The minimum absolute atomic E-state index is 0.0244. The highest BCUT2D eigenvalue weighted by molar-refractivity contribution is 5.97. The van der Waals surface area contributed by atoms with E-state index in [2.05, 4.69) is 17.3 Å². The van der Waals surface area contributed by atoms with Crippen LogP contribution in [0.1, 0.15) is 33.1 Å². The van der Waals surface area contributed by atoms with E-state index in [4.69, 9.17) is 0 Å². The Bertz CT molecular complexity index is 401. The Morgan fingerprint density at radius 1 is 1.50 bits per heavy atom. The van der Waals surface area contributed by atoms with Gasteiger partial charge in [-0.15, -0.1) is 0 Å². The predicted octanol–water partition coefficient (Wildman–Crippen LogP) is 1.40. The minimum Gasteiger partial charge on any atom is -0.308 e. The third kappa shape index (κ3) is 2.72. The Hall–Kier alpha value is -1.36. The molecule has 1 N–H and O–H groups in total. The first kappa shape index (κ1) is 13.1. The number of hydrogen-bond acceptors (Lipinski definition) is 3. The first-order valence-electron chi connectivity index (χ1n) is 6.83. The number of aromatic nitrogens is 2. The van der Waals surface area contributed by atoms with Crippen LogP contribution in [0.5, 0.6) is 0 Å². The Morgan fingerprint density at radius 3 is 3.00 bits per heavy atom. The zero-order valence-electron chi connectivity index (χ0n) is 11.2. The quantitative estimate of drug-likeness (QED) is 0.859. The van der Waals surface area contributed by atoms with Gasteiger partial charge in [-0.3, -0.25) is 9.48 Å². The van der Waals surface area contributed by atoms with Gasteiger partial charge in [0.05, 0.1) is 17.9 Å². The van der Waals surface area contributed by atoms with Crippen molar-refractivity contribution in [2.45, 2.75) is 45.7 Å². The molecular weight excluding hydrogens is 228 g/mol. The maximum atomic E-state index is 12.4. The number of carbonyl (C=O) groups is 1. The predicted molar refractivity (Wildman–Crippen MR) is 71.6 cm³/mol. The van der Waals surface area contributed by atoms with Crippen LogP contribution in [0.25, 0.3) is 0 Å². The van der Waals surface area contributed by atoms with Gasteiger partial charge in [-0.25, -0.2) is 0 Å². The molecule has 0 spiro atoms. The Balaban J connectivity index is 2.05. The van der Waals surface area contributed by atoms with Crippen LogP contribution < -0.4 is 10.2 Å². The molecule has 0 radical (unpaired) electrons. The van der Waals surface area contributed by atoms with E-state index in [9.17, 15) is 4.79 Å². The Morgan fingerprint density at radius 2 is 2.33 bits per heavy atom. The monoisotopic (exact) mass is 250 g/mol. The second-order valence-electron chi connectivity index (χ2n) is 4.69. The van der Waals surface area contributed by atoms with Crippen LogP contribution in [0.15, 0.2) is 12.4 Å². The second kappa shape index (κ2) is 6.00. The van der Waals surface area contributed by atoms with Gasteiger partial charge in [-0.1, -0.05) is 6.92 Å². The number of nitrogens with one attached hydrogen (secondary N) is 1. The fraction of sp³-hybridized carbons (Fsp3) is 0.692. The summed E-state index contributed by atoms with van der Waals surface area (Å²) in [7, 11) is 0. The summed E-state index contributed by atoms with van der Waals surface area (Å²) >= 11 is 0. The summed E-state index contributed by atoms with van der Waals surface area (Å²) in [6, 6.07) is -0.0244.